The topological polar surface area (TPSA) is 41.5 Å². The first-order valence-corrected chi connectivity index (χ1v) is 10.1. The van der Waals surface area contributed by atoms with Gasteiger partial charge < -0.3 is 5.32 Å². The van der Waals surface area contributed by atoms with Gasteiger partial charge in [0, 0.05) is 21.7 Å². The standard InChI is InChI=1S/C20H18N2OS2/c23-19(22-14-7-2-1-3-8-14)18-16-10-4-5-11-17(16)25-20(18)21-13-15-9-6-12-24-15/h1-3,6-9,12-13H,4-5,10-11H2,(H,22,23). The lowest BCUT2D eigenvalue weighted by atomic mass is 9.95. The minimum Gasteiger partial charge on any atom is -0.322 e. The molecule has 0 bridgehead atoms. The Balaban J connectivity index is 1.69. The van der Waals surface area contributed by atoms with Crippen LogP contribution in [0.4, 0.5) is 10.7 Å². The van der Waals surface area contributed by atoms with Crippen LogP contribution in [-0.4, -0.2) is 12.1 Å². The molecule has 126 valence electrons. The molecule has 0 fully saturated rings. The van der Waals surface area contributed by atoms with Crippen LogP contribution in [0.5, 0.6) is 0 Å². The fourth-order valence-electron chi connectivity index (χ4n) is 3.08. The normalized spacial score (nSPS) is 13.8. The molecule has 1 aliphatic rings. The van der Waals surface area contributed by atoms with Crippen LogP contribution in [-0.2, 0) is 12.8 Å². The van der Waals surface area contributed by atoms with Crippen molar-refractivity contribution >= 4 is 45.5 Å². The van der Waals surface area contributed by atoms with Gasteiger partial charge in [0.2, 0.25) is 0 Å². The van der Waals surface area contributed by atoms with E-state index in [1.165, 1.54) is 16.9 Å². The number of benzene rings is 1. The van der Waals surface area contributed by atoms with E-state index in [0.717, 1.165) is 40.4 Å². The number of fused-ring (bicyclic) bond motifs is 1. The number of para-hydroxylation sites is 1. The van der Waals surface area contributed by atoms with Crippen molar-refractivity contribution < 1.29 is 4.79 Å². The monoisotopic (exact) mass is 366 g/mol. The molecule has 0 spiro atoms. The molecule has 3 aromatic rings. The third-order valence-electron chi connectivity index (χ3n) is 4.26. The van der Waals surface area contributed by atoms with Crippen molar-refractivity contribution in [2.24, 2.45) is 4.99 Å². The number of thiophene rings is 2. The molecule has 0 radical (unpaired) electrons. The van der Waals surface area contributed by atoms with Gasteiger partial charge in [-0.3, -0.25) is 4.79 Å². The molecule has 2 aromatic heterocycles. The molecule has 5 heteroatoms. The Morgan fingerprint density at radius 1 is 1.08 bits per heavy atom. The molecule has 1 aliphatic carbocycles. The van der Waals surface area contributed by atoms with Gasteiger partial charge in [0.15, 0.2) is 0 Å². The smallest absolute Gasteiger partial charge is 0.259 e. The third-order valence-corrected chi connectivity index (χ3v) is 6.27. The fraction of sp³-hybridized carbons (Fsp3) is 0.200. The number of rotatable bonds is 4. The number of nitrogens with zero attached hydrogens (tertiary/aromatic N) is 1. The fourth-order valence-corrected chi connectivity index (χ4v) is 4.89. The minimum atomic E-state index is -0.0519. The first kappa shape index (κ1) is 16.2. The molecular weight excluding hydrogens is 348 g/mol. The Morgan fingerprint density at radius 2 is 1.92 bits per heavy atom. The Bertz CT molecular complexity index is 895. The van der Waals surface area contributed by atoms with Gasteiger partial charge in [0.05, 0.1) is 5.56 Å². The number of hydrogen-bond acceptors (Lipinski definition) is 4. The summed E-state index contributed by atoms with van der Waals surface area (Å²) in [6.07, 6.45) is 6.23. The lowest BCUT2D eigenvalue weighted by molar-refractivity contribution is 0.102. The number of aryl methyl sites for hydroxylation is 1. The number of anilines is 1. The van der Waals surface area contributed by atoms with Gasteiger partial charge >= 0.3 is 0 Å². The number of carbonyl (C=O) groups is 1. The summed E-state index contributed by atoms with van der Waals surface area (Å²) in [5.74, 6) is -0.0519. The predicted octanol–water partition coefficient (Wildman–Crippen LogP) is 5.69. The highest BCUT2D eigenvalue weighted by molar-refractivity contribution is 7.16. The van der Waals surface area contributed by atoms with Crippen molar-refractivity contribution in [2.75, 3.05) is 5.32 Å². The average Bonchev–Trinajstić information content (AvgIpc) is 3.28. The van der Waals surface area contributed by atoms with Gasteiger partial charge in [-0.2, -0.15) is 0 Å². The molecule has 25 heavy (non-hydrogen) atoms. The summed E-state index contributed by atoms with van der Waals surface area (Å²) in [7, 11) is 0. The van der Waals surface area contributed by atoms with Gasteiger partial charge in [-0.15, -0.1) is 22.7 Å². The van der Waals surface area contributed by atoms with Crippen molar-refractivity contribution in [3.63, 3.8) is 0 Å². The number of amides is 1. The lowest BCUT2D eigenvalue weighted by Gasteiger charge is -2.12. The van der Waals surface area contributed by atoms with E-state index in [9.17, 15) is 4.79 Å². The maximum atomic E-state index is 13.0. The zero-order chi connectivity index (χ0) is 17.1. The number of aliphatic imine (C=N–C) groups is 1. The van der Waals surface area contributed by atoms with E-state index in [2.05, 4.69) is 10.3 Å². The maximum Gasteiger partial charge on any atom is 0.259 e. The van der Waals surface area contributed by atoms with Crippen LogP contribution in [0.2, 0.25) is 0 Å². The highest BCUT2D eigenvalue weighted by Gasteiger charge is 2.25. The highest BCUT2D eigenvalue weighted by Crippen LogP contribution is 2.40. The van der Waals surface area contributed by atoms with Crippen molar-refractivity contribution in [3.8, 4) is 0 Å². The Hall–Kier alpha value is -2.24. The molecule has 0 saturated heterocycles. The maximum absolute atomic E-state index is 13.0. The number of carbonyl (C=O) groups excluding carboxylic acids is 1. The van der Waals surface area contributed by atoms with Gasteiger partial charge in [-0.25, -0.2) is 4.99 Å². The van der Waals surface area contributed by atoms with Crippen LogP contribution in [0, 0.1) is 0 Å². The lowest BCUT2D eigenvalue weighted by Crippen LogP contribution is -2.14. The molecule has 1 N–H and O–H groups in total. The van der Waals surface area contributed by atoms with Crippen LogP contribution in [0.15, 0.2) is 52.8 Å². The third kappa shape index (κ3) is 3.57. The van der Waals surface area contributed by atoms with Crippen LogP contribution < -0.4 is 5.32 Å². The molecule has 0 unspecified atom stereocenters. The van der Waals surface area contributed by atoms with Crippen molar-refractivity contribution in [2.45, 2.75) is 25.7 Å². The van der Waals surface area contributed by atoms with Gasteiger partial charge in [-0.05, 0) is 54.8 Å². The quantitative estimate of drug-likeness (QED) is 0.592. The van der Waals surface area contributed by atoms with Crippen molar-refractivity contribution in [3.05, 3.63) is 68.7 Å². The largest absolute Gasteiger partial charge is 0.322 e. The van der Waals surface area contributed by atoms with E-state index in [0.29, 0.717) is 0 Å². The predicted molar refractivity (Wildman–Crippen MR) is 107 cm³/mol. The van der Waals surface area contributed by atoms with Crippen molar-refractivity contribution in [1.82, 2.24) is 0 Å². The molecule has 1 aromatic carbocycles. The van der Waals surface area contributed by atoms with E-state index in [4.69, 9.17) is 0 Å². The van der Waals surface area contributed by atoms with Crippen LogP contribution in [0.3, 0.4) is 0 Å². The number of nitrogens with one attached hydrogen (secondary N) is 1. The summed E-state index contributed by atoms with van der Waals surface area (Å²) in [5, 5.41) is 5.88. The zero-order valence-corrected chi connectivity index (χ0v) is 15.3. The Kier molecular flexibility index (Phi) is 4.76. The minimum absolute atomic E-state index is 0.0519. The summed E-state index contributed by atoms with van der Waals surface area (Å²) >= 11 is 3.32. The summed E-state index contributed by atoms with van der Waals surface area (Å²) in [6.45, 7) is 0. The van der Waals surface area contributed by atoms with E-state index in [1.54, 1.807) is 22.7 Å². The van der Waals surface area contributed by atoms with Crippen molar-refractivity contribution in [1.29, 1.82) is 0 Å². The average molecular weight is 367 g/mol. The Labute approximate surface area is 155 Å². The van der Waals surface area contributed by atoms with Gasteiger partial charge in [0.1, 0.15) is 5.00 Å². The molecule has 3 nitrogen and oxygen atoms in total. The van der Waals surface area contributed by atoms with E-state index in [1.807, 2.05) is 54.1 Å². The van der Waals surface area contributed by atoms with E-state index in [-0.39, 0.29) is 5.91 Å². The molecule has 1 amide bonds. The summed E-state index contributed by atoms with van der Waals surface area (Å²) < 4.78 is 0. The molecule has 0 saturated carbocycles. The number of hydrogen-bond donors (Lipinski definition) is 1. The molecule has 2 heterocycles. The summed E-state index contributed by atoms with van der Waals surface area (Å²) in [5.41, 5.74) is 2.77. The first-order chi connectivity index (χ1) is 12.3. The SMILES string of the molecule is O=C(Nc1ccccc1)c1c(N=Cc2cccs2)sc2c1CCCC2. The zero-order valence-electron chi connectivity index (χ0n) is 13.7. The van der Waals surface area contributed by atoms with Crippen LogP contribution >= 0.6 is 22.7 Å². The summed E-state index contributed by atoms with van der Waals surface area (Å²) in [6, 6.07) is 13.7. The first-order valence-electron chi connectivity index (χ1n) is 8.40. The van der Waals surface area contributed by atoms with Gasteiger partial charge in [-0.1, -0.05) is 24.3 Å². The highest BCUT2D eigenvalue weighted by atomic mass is 32.1. The molecule has 4 rings (SSSR count). The second kappa shape index (κ2) is 7.33. The summed E-state index contributed by atoms with van der Waals surface area (Å²) in [4.78, 5) is 20.0. The van der Waals surface area contributed by atoms with E-state index >= 15 is 0 Å². The molecule has 0 aliphatic heterocycles. The second-order valence-electron chi connectivity index (χ2n) is 5.98. The molecule has 0 atom stereocenters. The van der Waals surface area contributed by atoms with Gasteiger partial charge in [0.25, 0.3) is 5.91 Å². The van der Waals surface area contributed by atoms with Crippen LogP contribution in [0.25, 0.3) is 0 Å². The van der Waals surface area contributed by atoms with Crippen LogP contribution in [0.1, 0.15) is 38.5 Å². The molecular formula is C20H18N2OS2. The Morgan fingerprint density at radius 3 is 2.72 bits per heavy atom. The van der Waals surface area contributed by atoms with E-state index < -0.39 is 0 Å². The second-order valence-corrected chi connectivity index (χ2v) is 8.05.